The first-order valence-electron chi connectivity index (χ1n) is 14.9. The van der Waals surface area contributed by atoms with Crippen molar-refractivity contribution in [1.29, 1.82) is 0 Å². The normalized spacial score (nSPS) is 12.6. The number of benzene rings is 1. The van der Waals surface area contributed by atoms with E-state index in [-0.39, 0.29) is 5.76 Å². The van der Waals surface area contributed by atoms with Gasteiger partial charge in [0.05, 0.1) is 27.8 Å². The van der Waals surface area contributed by atoms with Crippen LogP contribution < -0.4 is 10.6 Å². The molecule has 44 heavy (non-hydrogen) atoms. The summed E-state index contributed by atoms with van der Waals surface area (Å²) < 4.78 is 0. The van der Waals surface area contributed by atoms with E-state index < -0.39 is 0 Å². The number of likely N-dealkylation sites (N-methyl/N-ethyl adjacent to an activating group) is 1. The van der Waals surface area contributed by atoms with Gasteiger partial charge in [-0.2, -0.15) is 5.10 Å². The number of aryl methyl sites for hydroxylation is 1. The Bertz CT molecular complexity index is 1430. The third-order valence-corrected chi connectivity index (χ3v) is 6.16. The largest absolute Gasteiger partial charge is 0.508 e. The average Bonchev–Trinajstić information content (AvgIpc) is 3.04. The molecule has 8 nitrogen and oxygen atoms in total. The molecule has 0 spiro atoms. The molecule has 1 aromatic carbocycles. The van der Waals surface area contributed by atoms with Gasteiger partial charge in [-0.25, -0.2) is 0 Å². The summed E-state index contributed by atoms with van der Waals surface area (Å²) in [5, 5.41) is 22.8. The van der Waals surface area contributed by atoms with Gasteiger partial charge in [0.25, 0.3) is 0 Å². The highest BCUT2D eigenvalue weighted by molar-refractivity contribution is 6.33. The molecule has 0 radical (unpaired) electrons. The van der Waals surface area contributed by atoms with Crippen molar-refractivity contribution in [2.24, 2.45) is 5.10 Å². The topological polar surface area (TPSA) is 103 Å². The summed E-state index contributed by atoms with van der Waals surface area (Å²) in [6, 6.07) is 9.75. The highest BCUT2D eigenvalue weighted by Crippen LogP contribution is 2.26. The van der Waals surface area contributed by atoms with Gasteiger partial charge in [0.15, 0.2) is 0 Å². The molecule has 3 aromatic rings. The fourth-order valence-electron chi connectivity index (χ4n) is 3.99. The maximum Gasteiger partial charge on any atom is 0.211 e. The summed E-state index contributed by atoms with van der Waals surface area (Å²) in [4.78, 5) is 19.2. The number of hydrogen-bond donors (Lipinski definition) is 3. The van der Waals surface area contributed by atoms with E-state index in [1.165, 1.54) is 6.42 Å². The lowest BCUT2D eigenvalue weighted by Gasteiger charge is -2.27. The summed E-state index contributed by atoms with van der Waals surface area (Å²) in [6.07, 6.45) is 13.4. The minimum absolute atomic E-state index is 0.0199. The van der Waals surface area contributed by atoms with Gasteiger partial charge in [-0.1, -0.05) is 83.5 Å². The van der Waals surface area contributed by atoms with E-state index >= 15 is 0 Å². The fraction of sp³-hybridized carbons (Fsp3) is 0.314. The minimum atomic E-state index is -0.0199. The highest BCUT2D eigenvalue weighted by Gasteiger charge is 2.19. The Labute approximate surface area is 268 Å². The molecule has 1 aliphatic heterocycles. The van der Waals surface area contributed by atoms with Crippen LogP contribution in [0.25, 0.3) is 16.9 Å². The number of allylic oxidation sites excluding steroid dienone is 2. The Morgan fingerprint density at radius 3 is 2.23 bits per heavy atom. The number of aliphatic hydroxyl groups is 1. The first kappa shape index (κ1) is 37.6. The molecule has 0 fully saturated rings. The monoisotopic (exact) mass is 618 g/mol. The van der Waals surface area contributed by atoms with Crippen LogP contribution in [0.2, 0.25) is 5.02 Å². The molecule has 0 aliphatic carbocycles. The number of anilines is 1. The van der Waals surface area contributed by atoms with Crippen molar-refractivity contribution in [3.8, 4) is 11.1 Å². The van der Waals surface area contributed by atoms with Gasteiger partial charge >= 0.3 is 0 Å². The van der Waals surface area contributed by atoms with E-state index in [0.29, 0.717) is 23.5 Å². The summed E-state index contributed by atoms with van der Waals surface area (Å²) in [5.74, 6) is -0.0199. The number of carbonyl (C=O) groups is 1. The number of aromatic nitrogens is 2. The Morgan fingerprint density at radius 1 is 1.02 bits per heavy atom. The molecule has 1 aliphatic rings. The molecule has 1 amide bonds. The van der Waals surface area contributed by atoms with Crippen molar-refractivity contribution in [3.05, 3.63) is 107 Å². The number of hydrogen-bond acceptors (Lipinski definition) is 7. The smallest absolute Gasteiger partial charge is 0.211 e. The number of carbonyl (C=O) groups excluding carboxylic acids is 1. The van der Waals surface area contributed by atoms with Crippen molar-refractivity contribution in [2.45, 2.75) is 61.3 Å². The zero-order chi connectivity index (χ0) is 33.1. The zero-order valence-corrected chi connectivity index (χ0v) is 28.0. The SMILES string of the molecule is C=C(O)c1cncc(-c2cccc(C3=NN(CC)C(=CCC)C(NC=O)=C3)c2)c1.CC.CCC.CNc1c(C)cncc1Cl. The minimum Gasteiger partial charge on any atom is -0.508 e. The molecular weight excluding hydrogens is 572 g/mol. The molecule has 0 bridgehead atoms. The second-order valence-corrected chi connectivity index (χ2v) is 9.69. The predicted molar refractivity (Wildman–Crippen MR) is 187 cm³/mol. The third kappa shape index (κ3) is 11.0. The third-order valence-electron chi connectivity index (χ3n) is 5.88. The quantitative estimate of drug-likeness (QED) is 0.172. The van der Waals surface area contributed by atoms with Gasteiger partial charge in [0.1, 0.15) is 5.76 Å². The number of rotatable bonds is 8. The number of halogens is 1. The zero-order valence-electron chi connectivity index (χ0n) is 27.3. The maximum atomic E-state index is 11.1. The molecule has 0 saturated heterocycles. The molecule has 236 valence electrons. The summed E-state index contributed by atoms with van der Waals surface area (Å²) >= 11 is 5.80. The second kappa shape index (κ2) is 20.5. The van der Waals surface area contributed by atoms with Crippen LogP contribution in [-0.4, -0.2) is 45.8 Å². The molecule has 0 saturated carbocycles. The second-order valence-electron chi connectivity index (χ2n) is 9.28. The van der Waals surface area contributed by atoms with Crippen LogP contribution in [0.5, 0.6) is 0 Å². The van der Waals surface area contributed by atoms with E-state index in [0.717, 1.165) is 51.5 Å². The van der Waals surface area contributed by atoms with Crippen LogP contribution in [0.1, 0.15) is 71.1 Å². The van der Waals surface area contributed by atoms with Crippen LogP contribution >= 0.6 is 11.6 Å². The van der Waals surface area contributed by atoms with E-state index in [1.54, 1.807) is 24.8 Å². The van der Waals surface area contributed by atoms with Crippen molar-refractivity contribution < 1.29 is 9.90 Å². The van der Waals surface area contributed by atoms with E-state index in [2.05, 4.69) is 41.0 Å². The Kier molecular flexibility index (Phi) is 17.5. The molecule has 9 heteroatoms. The first-order valence-corrected chi connectivity index (χ1v) is 15.3. The van der Waals surface area contributed by atoms with Crippen LogP contribution in [-0.2, 0) is 4.79 Å². The number of amides is 1. The lowest BCUT2D eigenvalue weighted by atomic mass is 9.99. The van der Waals surface area contributed by atoms with Gasteiger partial charge in [-0.05, 0) is 49.6 Å². The molecule has 4 rings (SSSR count). The summed E-state index contributed by atoms with van der Waals surface area (Å²) in [7, 11) is 1.84. The van der Waals surface area contributed by atoms with Gasteiger partial charge in [0.2, 0.25) is 6.41 Å². The van der Waals surface area contributed by atoms with E-state index in [4.69, 9.17) is 16.7 Å². The lowest BCUT2D eigenvalue weighted by Crippen LogP contribution is -2.29. The van der Waals surface area contributed by atoms with Gasteiger partial charge in [-0.3, -0.25) is 19.8 Å². The van der Waals surface area contributed by atoms with Crippen molar-refractivity contribution in [1.82, 2.24) is 20.3 Å². The Balaban J connectivity index is 0.000000535. The summed E-state index contributed by atoms with van der Waals surface area (Å²) in [6.45, 7) is 18.5. The van der Waals surface area contributed by atoms with Gasteiger partial charge in [0, 0.05) is 55.1 Å². The number of pyridine rings is 2. The van der Waals surface area contributed by atoms with Crippen LogP contribution in [0, 0.1) is 6.92 Å². The highest BCUT2D eigenvalue weighted by atomic mass is 35.5. The molecule has 0 unspecified atom stereocenters. The van der Waals surface area contributed by atoms with Crippen molar-refractivity contribution >= 4 is 35.2 Å². The fourth-order valence-corrected chi connectivity index (χ4v) is 4.29. The van der Waals surface area contributed by atoms with Crippen LogP contribution in [0.15, 0.2) is 90.3 Å². The van der Waals surface area contributed by atoms with Gasteiger partial charge in [-0.15, -0.1) is 0 Å². The molecule has 3 heterocycles. The van der Waals surface area contributed by atoms with Crippen molar-refractivity contribution in [2.75, 3.05) is 18.9 Å². The molecular formula is C35H47ClN6O2. The standard InChI is InChI=1S/C23H24N4O2.C7H9ClN2.C3H8.C2H6/c1-4-7-23-22(25-15-28)12-21(26-27(23)5-2)18-9-6-8-17(10-18)20-11-19(16(3)29)13-24-14-20;1-5-3-10-4-6(8)7(5)9-2;1-3-2;1-2/h6-15,29H,3-5H2,1-2H3,(H,25,28);3-4H,1-2H3,(H,9,10);3H2,1-2H3;1-2H3. The molecule has 2 aromatic heterocycles. The Hall–Kier alpha value is -4.43. The first-order chi connectivity index (χ1) is 21.2. The predicted octanol–water partition coefficient (Wildman–Crippen LogP) is 8.77. The number of aliphatic hydroxyl groups excluding tert-OH is 1. The number of nitrogens with one attached hydrogen (secondary N) is 2. The molecule has 3 N–H and O–H groups in total. The number of nitrogens with zero attached hydrogens (tertiary/aromatic N) is 4. The van der Waals surface area contributed by atoms with Crippen LogP contribution in [0.3, 0.4) is 0 Å². The maximum absolute atomic E-state index is 11.1. The van der Waals surface area contributed by atoms with Gasteiger partial charge < -0.3 is 15.7 Å². The lowest BCUT2D eigenvalue weighted by molar-refractivity contribution is -0.108. The number of hydrazone groups is 1. The Morgan fingerprint density at radius 2 is 1.68 bits per heavy atom. The average molecular weight is 619 g/mol. The van der Waals surface area contributed by atoms with Crippen molar-refractivity contribution in [3.63, 3.8) is 0 Å². The molecule has 0 atom stereocenters. The van der Waals surface area contributed by atoms with Crippen LogP contribution in [0.4, 0.5) is 5.69 Å². The van der Waals surface area contributed by atoms with E-state index in [1.807, 2.05) is 89.2 Å². The van der Waals surface area contributed by atoms with E-state index in [9.17, 15) is 9.90 Å². The summed E-state index contributed by atoms with van der Waals surface area (Å²) in [5.41, 5.74) is 7.68.